The molecule has 0 atom stereocenters. The lowest BCUT2D eigenvalue weighted by atomic mass is 10.3. The van der Waals surface area contributed by atoms with Gasteiger partial charge in [0.2, 0.25) is 0 Å². The smallest absolute Gasteiger partial charge is 0.0398 e. The van der Waals surface area contributed by atoms with Crippen molar-refractivity contribution in [2.75, 3.05) is 0 Å². The molecule has 0 fully saturated rings. The Balaban J connectivity index is 3.02. The van der Waals surface area contributed by atoms with Crippen molar-refractivity contribution in [2.24, 2.45) is 0 Å². The van der Waals surface area contributed by atoms with Crippen LogP contribution in [0.15, 0.2) is 30.3 Å². The van der Waals surface area contributed by atoms with Crippen molar-refractivity contribution in [3.8, 4) is 0 Å². The quantitative estimate of drug-likeness (QED) is 0.461. The van der Waals surface area contributed by atoms with E-state index in [0.717, 1.165) is 0 Å². The summed E-state index contributed by atoms with van der Waals surface area (Å²) >= 11 is 0. The van der Waals surface area contributed by atoms with Gasteiger partial charge in [-0.3, -0.25) is 0 Å². The van der Waals surface area contributed by atoms with Crippen molar-refractivity contribution < 1.29 is 0 Å². The standard InChI is InChI=1S/C7H8/c1-7-5-3-2-4-6-7/h2-6H,1H3/i1+2. The van der Waals surface area contributed by atoms with Gasteiger partial charge >= 0.3 is 0 Å². The zero-order valence-corrected chi connectivity index (χ0v) is 4.39. The van der Waals surface area contributed by atoms with Crippen LogP contribution in [-0.4, -0.2) is 0 Å². The Labute approximate surface area is 43.8 Å². The Bertz CT molecular complexity index is 130. The van der Waals surface area contributed by atoms with Gasteiger partial charge in [-0.25, -0.2) is 0 Å². The minimum atomic E-state index is 1.32. The van der Waals surface area contributed by atoms with Crippen molar-refractivity contribution in [1.82, 2.24) is 0 Å². The van der Waals surface area contributed by atoms with E-state index in [-0.39, 0.29) is 0 Å². The molecule has 0 saturated carbocycles. The average Bonchev–Trinajstić information content (AvgIpc) is 1.69. The van der Waals surface area contributed by atoms with E-state index in [1.54, 1.807) is 0 Å². The molecule has 0 heteroatoms. The molecule has 0 N–H and O–H groups in total. The first-order valence-corrected chi connectivity index (χ1v) is 2.41. The van der Waals surface area contributed by atoms with Crippen molar-refractivity contribution in [3.63, 3.8) is 0 Å². The van der Waals surface area contributed by atoms with Crippen molar-refractivity contribution in [2.45, 2.75) is 6.92 Å². The summed E-state index contributed by atoms with van der Waals surface area (Å²) < 4.78 is 0. The molecular weight excluding hydrogens is 86.1 g/mol. The average molecular weight is 94.1 g/mol. The fraction of sp³-hybridized carbons (Fsp3) is 0.143. The predicted octanol–water partition coefficient (Wildman–Crippen LogP) is 2.00. The van der Waals surface area contributed by atoms with Crippen LogP contribution in [0.1, 0.15) is 5.56 Å². The second-order valence-corrected chi connectivity index (χ2v) is 1.65. The first kappa shape index (κ1) is 4.38. The molecule has 0 aliphatic carbocycles. The lowest BCUT2D eigenvalue weighted by molar-refractivity contribution is 1.48. The maximum absolute atomic E-state index is 2.08. The molecule has 1 aromatic carbocycles. The van der Waals surface area contributed by atoms with Gasteiger partial charge in [-0.15, -0.1) is 0 Å². The summed E-state index contributed by atoms with van der Waals surface area (Å²) in [5.74, 6) is 0. The second kappa shape index (κ2) is 1.78. The first-order chi connectivity index (χ1) is 3.39. The molecule has 36 valence electrons. The fourth-order valence-electron chi connectivity index (χ4n) is 0.534. The van der Waals surface area contributed by atoms with Gasteiger partial charge in [-0.1, -0.05) is 35.9 Å². The van der Waals surface area contributed by atoms with Crippen LogP contribution in [0.25, 0.3) is 0 Å². The SMILES string of the molecule is [14CH3]c1ccccc1. The van der Waals surface area contributed by atoms with E-state index in [4.69, 9.17) is 0 Å². The summed E-state index contributed by atoms with van der Waals surface area (Å²) in [7, 11) is 0. The van der Waals surface area contributed by atoms with Crippen molar-refractivity contribution in [3.05, 3.63) is 35.9 Å². The van der Waals surface area contributed by atoms with Crippen LogP contribution in [0.5, 0.6) is 0 Å². The predicted molar refractivity (Wildman–Crippen MR) is 31.2 cm³/mol. The van der Waals surface area contributed by atoms with Crippen LogP contribution in [-0.2, 0) is 0 Å². The van der Waals surface area contributed by atoms with Crippen LogP contribution in [0, 0.1) is 6.92 Å². The highest BCUT2D eigenvalue weighted by Crippen LogP contribution is 1.92. The minimum absolute atomic E-state index is 1.32. The molecule has 0 aromatic heterocycles. The molecule has 0 amide bonds. The third kappa shape index (κ3) is 1.04. The molecule has 0 radical (unpaired) electrons. The van der Waals surface area contributed by atoms with E-state index in [1.807, 2.05) is 18.2 Å². The van der Waals surface area contributed by atoms with Crippen molar-refractivity contribution in [1.29, 1.82) is 0 Å². The van der Waals surface area contributed by atoms with Crippen LogP contribution in [0.2, 0.25) is 0 Å². The summed E-state index contributed by atoms with van der Waals surface area (Å²) in [5.41, 5.74) is 1.32. The molecule has 0 aliphatic rings. The molecule has 1 rings (SSSR count). The Kier molecular flexibility index (Phi) is 1.12. The minimum Gasteiger partial charge on any atom is -0.0622 e. The number of benzene rings is 1. The number of rotatable bonds is 0. The van der Waals surface area contributed by atoms with Crippen LogP contribution in [0.4, 0.5) is 0 Å². The zero-order chi connectivity index (χ0) is 5.11. The van der Waals surface area contributed by atoms with E-state index in [0.29, 0.717) is 0 Å². The number of hydrogen-bond donors (Lipinski definition) is 0. The third-order valence-corrected chi connectivity index (χ3v) is 0.940. The summed E-state index contributed by atoms with van der Waals surface area (Å²) in [6.45, 7) is 2.08. The first-order valence-electron chi connectivity index (χ1n) is 2.41. The topological polar surface area (TPSA) is 0 Å². The van der Waals surface area contributed by atoms with Crippen molar-refractivity contribution >= 4 is 0 Å². The van der Waals surface area contributed by atoms with Gasteiger partial charge in [0.25, 0.3) is 0 Å². The van der Waals surface area contributed by atoms with E-state index >= 15 is 0 Å². The number of aryl methyl sites for hydroxylation is 1. The molecule has 1 aromatic rings. The molecule has 0 spiro atoms. The summed E-state index contributed by atoms with van der Waals surface area (Å²) in [6.07, 6.45) is 0. The molecule has 0 bridgehead atoms. The summed E-state index contributed by atoms with van der Waals surface area (Å²) in [4.78, 5) is 0. The molecular formula is C7H8. The summed E-state index contributed by atoms with van der Waals surface area (Å²) in [5, 5.41) is 0. The Morgan fingerprint density at radius 1 is 1.00 bits per heavy atom. The van der Waals surface area contributed by atoms with Gasteiger partial charge in [0.15, 0.2) is 0 Å². The van der Waals surface area contributed by atoms with Crippen LogP contribution < -0.4 is 0 Å². The van der Waals surface area contributed by atoms with Gasteiger partial charge < -0.3 is 0 Å². The lowest BCUT2D eigenvalue weighted by Crippen LogP contribution is -1.62. The molecule has 0 saturated heterocycles. The third-order valence-electron chi connectivity index (χ3n) is 0.940. The zero-order valence-electron chi connectivity index (χ0n) is 4.39. The maximum Gasteiger partial charge on any atom is -0.0398 e. The van der Waals surface area contributed by atoms with Gasteiger partial charge in [0.05, 0.1) is 0 Å². The Hall–Kier alpha value is -0.780. The van der Waals surface area contributed by atoms with Crippen LogP contribution in [0.3, 0.4) is 0 Å². The highest BCUT2D eigenvalue weighted by Gasteiger charge is 1.72. The molecule has 0 heterocycles. The van der Waals surface area contributed by atoms with E-state index in [1.165, 1.54) is 5.56 Å². The van der Waals surface area contributed by atoms with Gasteiger partial charge in [0.1, 0.15) is 0 Å². The molecule has 0 unspecified atom stereocenters. The Morgan fingerprint density at radius 3 is 1.86 bits per heavy atom. The van der Waals surface area contributed by atoms with E-state index < -0.39 is 0 Å². The highest BCUT2D eigenvalue weighted by atomic mass is 14.5. The normalized spacial score (nSPS) is 8.71. The summed E-state index contributed by atoms with van der Waals surface area (Å²) in [6, 6.07) is 10.3. The second-order valence-electron chi connectivity index (χ2n) is 1.65. The fourth-order valence-corrected chi connectivity index (χ4v) is 0.534. The monoisotopic (exact) mass is 94.1 g/mol. The van der Waals surface area contributed by atoms with Crippen LogP contribution >= 0.6 is 0 Å². The van der Waals surface area contributed by atoms with Gasteiger partial charge in [0, 0.05) is 0 Å². The van der Waals surface area contributed by atoms with E-state index in [9.17, 15) is 0 Å². The number of hydrogen-bond acceptors (Lipinski definition) is 0. The van der Waals surface area contributed by atoms with Gasteiger partial charge in [-0.2, -0.15) is 0 Å². The molecule has 0 aliphatic heterocycles. The maximum atomic E-state index is 2.08. The highest BCUT2D eigenvalue weighted by molar-refractivity contribution is 5.11. The van der Waals surface area contributed by atoms with E-state index in [2.05, 4.69) is 19.1 Å². The lowest BCUT2D eigenvalue weighted by Gasteiger charge is -1.82. The Morgan fingerprint density at radius 2 is 1.57 bits per heavy atom. The molecule has 0 nitrogen and oxygen atoms in total. The largest absolute Gasteiger partial charge is 0.0622 e. The molecule has 7 heavy (non-hydrogen) atoms. The van der Waals surface area contributed by atoms with Gasteiger partial charge in [-0.05, 0) is 6.92 Å².